The van der Waals surface area contributed by atoms with E-state index in [2.05, 4.69) is 5.32 Å². The number of halogens is 4. The van der Waals surface area contributed by atoms with E-state index < -0.39 is 24.5 Å². The SMILES string of the molecule is COc1cc(F)ccc1[C@@H](CC(F)(F)F)N1CCNCC1. The van der Waals surface area contributed by atoms with Crippen molar-refractivity contribution in [2.24, 2.45) is 0 Å². The molecule has 2 rings (SSSR count). The topological polar surface area (TPSA) is 24.5 Å². The molecule has 0 aromatic heterocycles. The molecule has 1 saturated heterocycles. The van der Waals surface area contributed by atoms with Crippen molar-refractivity contribution in [3.05, 3.63) is 29.6 Å². The van der Waals surface area contributed by atoms with Gasteiger partial charge in [0.2, 0.25) is 0 Å². The van der Waals surface area contributed by atoms with E-state index in [9.17, 15) is 17.6 Å². The molecule has 118 valence electrons. The van der Waals surface area contributed by atoms with E-state index in [1.54, 1.807) is 4.90 Å². The van der Waals surface area contributed by atoms with Crippen molar-refractivity contribution in [1.82, 2.24) is 10.2 Å². The Hall–Kier alpha value is -1.34. The van der Waals surface area contributed by atoms with Gasteiger partial charge in [-0.2, -0.15) is 13.2 Å². The van der Waals surface area contributed by atoms with Gasteiger partial charge in [-0.1, -0.05) is 6.07 Å². The number of nitrogens with zero attached hydrogens (tertiary/aromatic N) is 1. The number of hydrogen-bond acceptors (Lipinski definition) is 3. The lowest BCUT2D eigenvalue weighted by molar-refractivity contribution is -0.148. The third-order valence-electron chi connectivity index (χ3n) is 3.57. The van der Waals surface area contributed by atoms with Gasteiger partial charge >= 0.3 is 6.18 Å². The second-order valence-corrected chi connectivity index (χ2v) is 5.01. The molecule has 1 heterocycles. The Balaban J connectivity index is 2.33. The number of rotatable bonds is 4. The minimum atomic E-state index is -4.30. The third-order valence-corrected chi connectivity index (χ3v) is 3.57. The Bertz CT molecular complexity index is 473. The van der Waals surface area contributed by atoms with Gasteiger partial charge < -0.3 is 10.1 Å². The molecule has 1 atom stereocenters. The Morgan fingerprint density at radius 3 is 2.52 bits per heavy atom. The molecular weight excluding hydrogens is 288 g/mol. The first-order valence-corrected chi connectivity index (χ1v) is 6.75. The highest BCUT2D eigenvalue weighted by atomic mass is 19.4. The van der Waals surface area contributed by atoms with E-state index in [1.165, 1.54) is 19.2 Å². The average Bonchev–Trinajstić information content (AvgIpc) is 2.45. The number of piperazine rings is 1. The van der Waals surface area contributed by atoms with Crippen molar-refractivity contribution < 1.29 is 22.3 Å². The summed E-state index contributed by atoms with van der Waals surface area (Å²) in [6.45, 7) is 2.30. The lowest BCUT2D eigenvalue weighted by atomic mass is 9.99. The van der Waals surface area contributed by atoms with Gasteiger partial charge in [0.15, 0.2) is 0 Å². The van der Waals surface area contributed by atoms with Crippen molar-refractivity contribution in [3.8, 4) is 5.75 Å². The van der Waals surface area contributed by atoms with Crippen LogP contribution in [0.25, 0.3) is 0 Å². The van der Waals surface area contributed by atoms with Crippen molar-refractivity contribution in [2.45, 2.75) is 18.6 Å². The van der Waals surface area contributed by atoms with E-state index in [-0.39, 0.29) is 5.75 Å². The van der Waals surface area contributed by atoms with Gasteiger partial charge in [0.1, 0.15) is 11.6 Å². The lowest BCUT2D eigenvalue weighted by Gasteiger charge is -2.36. The molecule has 1 N–H and O–H groups in total. The molecule has 0 aliphatic carbocycles. The summed E-state index contributed by atoms with van der Waals surface area (Å²) in [6, 6.07) is 2.82. The van der Waals surface area contributed by atoms with Crippen LogP contribution in [-0.4, -0.2) is 44.4 Å². The number of ether oxygens (including phenoxy) is 1. The molecule has 1 aromatic rings. The highest BCUT2D eigenvalue weighted by Gasteiger charge is 2.37. The summed E-state index contributed by atoms with van der Waals surface area (Å²) in [4.78, 5) is 1.76. The number of methoxy groups -OCH3 is 1. The van der Waals surface area contributed by atoms with Gasteiger partial charge in [-0.05, 0) is 6.07 Å². The monoisotopic (exact) mass is 306 g/mol. The zero-order valence-corrected chi connectivity index (χ0v) is 11.7. The molecule has 0 amide bonds. The molecule has 1 fully saturated rings. The fraction of sp³-hybridized carbons (Fsp3) is 0.571. The molecule has 1 aliphatic heterocycles. The van der Waals surface area contributed by atoms with Crippen LogP contribution in [0, 0.1) is 5.82 Å². The minimum Gasteiger partial charge on any atom is -0.496 e. The molecule has 0 bridgehead atoms. The Kier molecular flexibility index (Phi) is 5.05. The quantitative estimate of drug-likeness (QED) is 0.866. The van der Waals surface area contributed by atoms with E-state index in [4.69, 9.17) is 4.74 Å². The molecule has 7 heteroatoms. The molecule has 21 heavy (non-hydrogen) atoms. The molecular formula is C14H18F4N2O. The Labute approximate surface area is 120 Å². The number of benzene rings is 1. The molecule has 0 unspecified atom stereocenters. The van der Waals surface area contributed by atoms with Crippen LogP contribution in [0.2, 0.25) is 0 Å². The van der Waals surface area contributed by atoms with Crippen molar-refractivity contribution in [1.29, 1.82) is 0 Å². The molecule has 1 aromatic carbocycles. The van der Waals surface area contributed by atoms with E-state index in [0.717, 1.165) is 6.07 Å². The minimum absolute atomic E-state index is 0.155. The van der Waals surface area contributed by atoms with E-state index in [0.29, 0.717) is 31.7 Å². The molecule has 0 radical (unpaired) electrons. The van der Waals surface area contributed by atoms with Crippen LogP contribution in [0.15, 0.2) is 18.2 Å². The Morgan fingerprint density at radius 1 is 1.29 bits per heavy atom. The predicted octanol–water partition coefficient (Wildman–Crippen LogP) is 2.73. The van der Waals surface area contributed by atoms with Crippen LogP contribution >= 0.6 is 0 Å². The van der Waals surface area contributed by atoms with E-state index in [1.807, 2.05) is 0 Å². The summed E-state index contributed by atoms with van der Waals surface area (Å²) in [6.07, 6.45) is -5.27. The molecule has 3 nitrogen and oxygen atoms in total. The summed E-state index contributed by atoms with van der Waals surface area (Å²) in [5.74, 6) is -0.371. The highest BCUT2D eigenvalue weighted by molar-refractivity contribution is 5.37. The van der Waals surface area contributed by atoms with Crippen LogP contribution in [0.3, 0.4) is 0 Å². The van der Waals surface area contributed by atoms with Crippen LogP contribution in [0.5, 0.6) is 5.75 Å². The summed E-state index contributed by atoms with van der Waals surface area (Å²) in [5, 5.41) is 3.11. The normalized spacial score (nSPS) is 18.5. The van der Waals surface area contributed by atoms with Gasteiger partial charge in [-0.25, -0.2) is 4.39 Å². The second kappa shape index (κ2) is 6.62. The first-order valence-electron chi connectivity index (χ1n) is 6.75. The van der Waals surface area contributed by atoms with Crippen molar-refractivity contribution in [3.63, 3.8) is 0 Å². The predicted molar refractivity (Wildman–Crippen MR) is 70.8 cm³/mol. The summed E-state index contributed by atoms with van der Waals surface area (Å²) in [7, 11) is 1.33. The maximum Gasteiger partial charge on any atom is 0.390 e. The van der Waals surface area contributed by atoms with Gasteiger partial charge in [0.25, 0.3) is 0 Å². The average molecular weight is 306 g/mol. The van der Waals surface area contributed by atoms with Gasteiger partial charge in [0, 0.05) is 43.9 Å². The molecule has 0 spiro atoms. The summed E-state index contributed by atoms with van der Waals surface area (Å²) in [5.41, 5.74) is 0.373. The van der Waals surface area contributed by atoms with Crippen LogP contribution in [0.4, 0.5) is 17.6 Å². The van der Waals surface area contributed by atoms with Crippen molar-refractivity contribution in [2.75, 3.05) is 33.3 Å². The lowest BCUT2D eigenvalue weighted by Crippen LogP contribution is -2.46. The zero-order chi connectivity index (χ0) is 15.5. The smallest absolute Gasteiger partial charge is 0.390 e. The maximum atomic E-state index is 13.3. The standard InChI is InChI=1S/C14H18F4N2O/c1-21-13-8-10(15)2-3-11(13)12(9-14(16,17)18)20-6-4-19-5-7-20/h2-3,8,12,19H,4-7,9H2,1H3/t12-/m1/s1. The number of hydrogen-bond donors (Lipinski definition) is 1. The molecule has 0 saturated carbocycles. The van der Waals surface area contributed by atoms with Crippen LogP contribution in [-0.2, 0) is 0 Å². The zero-order valence-electron chi connectivity index (χ0n) is 11.7. The molecule has 1 aliphatic rings. The first kappa shape index (κ1) is 16.0. The fourth-order valence-corrected chi connectivity index (χ4v) is 2.61. The number of alkyl halides is 3. The first-order chi connectivity index (χ1) is 9.90. The second-order valence-electron chi connectivity index (χ2n) is 5.01. The summed E-state index contributed by atoms with van der Waals surface area (Å²) < 4.78 is 57.0. The van der Waals surface area contributed by atoms with E-state index >= 15 is 0 Å². The fourth-order valence-electron chi connectivity index (χ4n) is 2.61. The van der Waals surface area contributed by atoms with Gasteiger partial charge in [0.05, 0.1) is 13.5 Å². The van der Waals surface area contributed by atoms with Crippen molar-refractivity contribution >= 4 is 0 Å². The number of nitrogens with one attached hydrogen (secondary N) is 1. The maximum absolute atomic E-state index is 13.3. The third kappa shape index (κ3) is 4.31. The van der Waals surface area contributed by atoms with Gasteiger partial charge in [-0.3, -0.25) is 4.90 Å². The Morgan fingerprint density at radius 2 is 1.95 bits per heavy atom. The summed E-state index contributed by atoms with van der Waals surface area (Å²) >= 11 is 0. The van der Waals surface area contributed by atoms with Crippen LogP contribution in [0.1, 0.15) is 18.0 Å². The highest BCUT2D eigenvalue weighted by Crippen LogP contribution is 2.38. The van der Waals surface area contributed by atoms with Crippen LogP contribution < -0.4 is 10.1 Å². The van der Waals surface area contributed by atoms with Gasteiger partial charge in [-0.15, -0.1) is 0 Å². The largest absolute Gasteiger partial charge is 0.496 e.